The third kappa shape index (κ3) is 7.13. The number of nitrogens with zero attached hydrogens (tertiary/aromatic N) is 2. The Morgan fingerprint density at radius 2 is 1.96 bits per heavy atom. The lowest BCUT2D eigenvalue weighted by molar-refractivity contribution is -0.118. The van der Waals surface area contributed by atoms with Crippen LogP contribution >= 0.6 is 11.8 Å². The van der Waals surface area contributed by atoms with Gasteiger partial charge in [-0.2, -0.15) is 0 Å². The van der Waals surface area contributed by atoms with Crippen molar-refractivity contribution < 1.29 is 9.53 Å². The summed E-state index contributed by atoms with van der Waals surface area (Å²) in [6, 6.07) is 9.75. The summed E-state index contributed by atoms with van der Waals surface area (Å²) >= 11 is 1.35. The van der Waals surface area contributed by atoms with Crippen LogP contribution in [-0.2, 0) is 11.3 Å². The second-order valence-corrected chi connectivity index (χ2v) is 6.79. The SMILES string of the molecule is CCCCOc1cccc(CNC(=O)CSc2nc(C)cc(C)n2)c1. The van der Waals surface area contributed by atoms with Crippen molar-refractivity contribution in [1.29, 1.82) is 0 Å². The Balaban J connectivity index is 1.78. The van der Waals surface area contributed by atoms with Crippen LogP contribution in [0.5, 0.6) is 5.75 Å². The molecule has 6 heteroatoms. The van der Waals surface area contributed by atoms with Crippen molar-refractivity contribution in [1.82, 2.24) is 15.3 Å². The maximum Gasteiger partial charge on any atom is 0.230 e. The van der Waals surface area contributed by atoms with Crippen molar-refractivity contribution in [3.8, 4) is 5.75 Å². The minimum atomic E-state index is -0.0370. The third-order valence-electron chi connectivity index (χ3n) is 3.45. The highest BCUT2D eigenvalue weighted by atomic mass is 32.2. The molecule has 0 bridgehead atoms. The number of amides is 1. The first-order chi connectivity index (χ1) is 12.1. The molecule has 5 nitrogen and oxygen atoms in total. The number of carbonyl (C=O) groups is 1. The lowest BCUT2D eigenvalue weighted by atomic mass is 10.2. The molecule has 0 spiro atoms. The first-order valence-electron chi connectivity index (χ1n) is 8.50. The summed E-state index contributed by atoms with van der Waals surface area (Å²) in [7, 11) is 0. The van der Waals surface area contributed by atoms with Crippen LogP contribution in [0.25, 0.3) is 0 Å². The molecule has 0 fully saturated rings. The second kappa shape index (κ2) is 10.0. The number of aryl methyl sites for hydroxylation is 2. The zero-order valence-electron chi connectivity index (χ0n) is 15.0. The summed E-state index contributed by atoms with van der Waals surface area (Å²) in [6.07, 6.45) is 2.15. The quantitative estimate of drug-likeness (QED) is 0.420. The summed E-state index contributed by atoms with van der Waals surface area (Å²) in [6.45, 7) is 7.19. The first kappa shape index (κ1) is 19.2. The van der Waals surface area contributed by atoms with Crippen molar-refractivity contribution in [3.05, 3.63) is 47.3 Å². The third-order valence-corrected chi connectivity index (χ3v) is 4.30. The van der Waals surface area contributed by atoms with Gasteiger partial charge in [0.05, 0.1) is 12.4 Å². The van der Waals surface area contributed by atoms with E-state index < -0.39 is 0 Å². The van der Waals surface area contributed by atoms with E-state index in [1.807, 2.05) is 44.2 Å². The second-order valence-electron chi connectivity index (χ2n) is 5.85. The number of unbranched alkanes of at least 4 members (excludes halogenated alkanes) is 1. The van der Waals surface area contributed by atoms with Crippen LogP contribution in [0.15, 0.2) is 35.5 Å². The van der Waals surface area contributed by atoms with E-state index >= 15 is 0 Å². The highest BCUT2D eigenvalue weighted by Gasteiger charge is 2.06. The maximum atomic E-state index is 12.0. The van der Waals surface area contributed by atoms with E-state index in [4.69, 9.17) is 4.74 Å². The minimum absolute atomic E-state index is 0.0370. The molecule has 0 saturated carbocycles. The molecule has 0 aliphatic heterocycles. The van der Waals surface area contributed by atoms with Crippen molar-refractivity contribution in [2.45, 2.75) is 45.3 Å². The Hall–Kier alpha value is -2.08. The van der Waals surface area contributed by atoms with Gasteiger partial charge in [-0.25, -0.2) is 9.97 Å². The molecule has 1 aromatic carbocycles. The summed E-state index contributed by atoms with van der Waals surface area (Å²) in [5.74, 6) is 1.11. The van der Waals surface area contributed by atoms with E-state index in [9.17, 15) is 4.79 Å². The summed E-state index contributed by atoms with van der Waals surface area (Å²) in [5, 5.41) is 3.56. The van der Waals surface area contributed by atoms with E-state index in [1.54, 1.807) is 0 Å². The van der Waals surface area contributed by atoms with Gasteiger partial charge < -0.3 is 10.1 Å². The highest BCUT2D eigenvalue weighted by Crippen LogP contribution is 2.15. The normalized spacial score (nSPS) is 10.5. The van der Waals surface area contributed by atoms with Gasteiger partial charge in [0.2, 0.25) is 5.91 Å². The lowest BCUT2D eigenvalue weighted by Crippen LogP contribution is -2.24. The van der Waals surface area contributed by atoms with Crippen molar-refractivity contribution in [3.63, 3.8) is 0 Å². The Morgan fingerprint density at radius 3 is 2.68 bits per heavy atom. The fraction of sp³-hybridized carbons (Fsp3) is 0.421. The summed E-state index contributed by atoms with van der Waals surface area (Å²) in [5.41, 5.74) is 2.85. The highest BCUT2D eigenvalue weighted by molar-refractivity contribution is 7.99. The molecule has 0 radical (unpaired) electrons. The number of hydrogen-bond donors (Lipinski definition) is 1. The van der Waals surface area contributed by atoms with Crippen LogP contribution in [0.1, 0.15) is 36.7 Å². The zero-order chi connectivity index (χ0) is 18.1. The molecule has 1 heterocycles. The van der Waals surface area contributed by atoms with Gasteiger partial charge in [0.1, 0.15) is 5.75 Å². The molecular formula is C19H25N3O2S. The topological polar surface area (TPSA) is 64.1 Å². The molecule has 1 amide bonds. The van der Waals surface area contributed by atoms with Crippen LogP contribution < -0.4 is 10.1 Å². The molecule has 134 valence electrons. The van der Waals surface area contributed by atoms with Gasteiger partial charge in [-0.15, -0.1) is 0 Å². The summed E-state index contributed by atoms with van der Waals surface area (Å²) in [4.78, 5) is 20.7. The molecule has 0 atom stereocenters. The van der Waals surface area contributed by atoms with E-state index in [0.29, 0.717) is 17.5 Å². The van der Waals surface area contributed by atoms with Gasteiger partial charge in [-0.3, -0.25) is 4.79 Å². The number of ether oxygens (including phenoxy) is 1. The van der Waals surface area contributed by atoms with Crippen molar-refractivity contribution in [2.75, 3.05) is 12.4 Å². The minimum Gasteiger partial charge on any atom is -0.494 e. The zero-order valence-corrected chi connectivity index (χ0v) is 15.9. The molecule has 2 rings (SSSR count). The molecule has 1 aromatic heterocycles. The number of carbonyl (C=O) groups excluding carboxylic acids is 1. The number of aromatic nitrogens is 2. The average molecular weight is 359 g/mol. The number of nitrogens with one attached hydrogen (secondary N) is 1. The number of rotatable bonds is 9. The number of hydrogen-bond acceptors (Lipinski definition) is 5. The average Bonchev–Trinajstić information content (AvgIpc) is 2.58. The maximum absolute atomic E-state index is 12.0. The molecule has 0 aliphatic carbocycles. The molecule has 25 heavy (non-hydrogen) atoms. The predicted octanol–water partition coefficient (Wildman–Crippen LogP) is 3.68. The van der Waals surface area contributed by atoms with Gasteiger partial charge in [0, 0.05) is 17.9 Å². The Kier molecular flexibility index (Phi) is 7.73. The van der Waals surface area contributed by atoms with Crippen LogP contribution in [0.3, 0.4) is 0 Å². The standard InChI is InChI=1S/C19H25N3O2S/c1-4-5-9-24-17-8-6-7-16(11-17)12-20-18(23)13-25-19-21-14(2)10-15(3)22-19/h6-8,10-11H,4-5,9,12-13H2,1-3H3,(H,20,23). The lowest BCUT2D eigenvalue weighted by Gasteiger charge is -2.09. The van der Waals surface area contributed by atoms with Gasteiger partial charge in [-0.1, -0.05) is 37.2 Å². The van der Waals surface area contributed by atoms with Crippen molar-refractivity contribution >= 4 is 17.7 Å². The van der Waals surface area contributed by atoms with Gasteiger partial charge >= 0.3 is 0 Å². The first-order valence-corrected chi connectivity index (χ1v) is 9.49. The van der Waals surface area contributed by atoms with Gasteiger partial charge in [0.15, 0.2) is 5.16 Å². The van der Waals surface area contributed by atoms with Gasteiger partial charge in [-0.05, 0) is 44.0 Å². The van der Waals surface area contributed by atoms with E-state index in [0.717, 1.165) is 42.1 Å². The van der Waals surface area contributed by atoms with Crippen molar-refractivity contribution in [2.24, 2.45) is 0 Å². The van der Waals surface area contributed by atoms with Crippen LogP contribution in [0.2, 0.25) is 0 Å². The summed E-state index contributed by atoms with van der Waals surface area (Å²) < 4.78 is 5.69. The van der Waals surface area contributed by atoms with Crippen LogP contribution in [0, 0.1) is 13.8 Å². The number of benzene rings is 1. The van der Waals surface area contributed by atoms with Crippen LogP contribution in [-0.4, -0.2) is 28.2 Å². The fourth-order valence-electron chi connectivity index (χ4n) is 2.22. The van der Waals surface area contributed by atoms with E-state index in [2.05, 4.69) is 22.2 Å². The largest absolute Gasteiger partial charge is 0.494 e. The molecule has 0 aliphatic rings. The Labute approximate surface area is 153 Å². The Morgan fingerprint density at radius 1 is 1.20 bits per heavy atom. The molecule has 1 N–H and O–H groups in total. The monoisotopic (exact) mass is 359 g/mol. The number of thioether (sulfide) groups is 1. The predicted molar refractivity (Wildman–Crippen MR) is 101 cm³/mol. The fourth-order valence-corrected chi connectivity index (χ4v) is 3.00. The molecule has 2 aromatic rings. The van der Waals surface area contributed by atoms with E-state index in [1.165, 1.54) is 11.8 Å². The molecule has 0 saturated heterocycles. The molecular weight excluding hydrogens is 334 g/mol. The van der Waals surface area contributed by atoms with Gasteiger partial charge in [0.25, 0.3) is 0 Å². The van der Waals surface area contributed by atoms with E-state index in [-0.39, 0.29) is 5.91 Å². The smallest absolute Gasteiger partial charge is 0.230 e. The van der Waals surface area contributed by atoms with Crippen LogP contribution in [0.4, 0.5) is 0 Å². The molecule has 0 unspecified atom stereocenters. The Bertz CT molecular complexity index is 687.